The Balaban J connectivity index is 1.45. The van der Waals surface area contributed by atoms with E-state index in [1.54, 1.807) is 36.8 Å². The highest BCUT2D eigenvalue weighted by Crippen LogP contribution is 2.32. The quantitative estimate of drug-likeness (QED) is 0.0790. The summed E-state index contributed by atoms with van der Waals surface area (Å²) in [6.45, 7) is 18.4. The van der Waals surface area contributed by atoms with E-state index in [0.717, 1.165) is 33.8 Å². The SMILES string of the molecule is CC(C)(C)c1cccc(CN2CCN(C(C(=O)NC(C(O)CCNC(=O)C(NC(=O)O)C(C)(C)C)C(Cc3ccc(-c4ccccn4)cc3)c3ccccc3)C(C)(C)C)C2=O)n1. The third-order valence-electron chi connectivity index (χ3n) is 11.3. The molecule has 13 heteroatoms. The first-order chi connectivity index (χ1) is 29.1. The lowest BCUT2D eigenvalue weighted by Gasteiger charge is -2.39. The van der Waals surface area contributed by atoms with Crippen molar-refractivity contribution >= 4 is 23.9 Å². The third-order valence-corrected chi connectivity index (χ3v) is 11.3. The maximum atomic E-state index is 14.9. The molecule has 3 heterocycles. The number of nitrogens with zero attached hydrogens (tertiary/aromatic N) is 4. The monoisotopic (exact) mass is 847 g/mol. The molecule has 0 radical (unpaired) electrons. The van der Waals surface area contributed by atoms with Gasteiger partial charge in [0, 0.05) is 48.4 Å². The summed E-state index contributed by atoms with van der Waals surface area (Å²) in [5.41, 5.74) is 3.75. The van der Waals surface area contributed by atoms with Crippen LogP contribution in [-0.2, 0) is 28.0 Å². The molecule has 0 aliphatic carbocycles. The number of carbonyl (C=O) groups excluding carboxylic acids is 3. The van der Waals surface area contributed by atoms with E-state index in [1.807, 2.05) is 112 Å². The molecule has 2 aromatic heterocycles. The van der Waals surface area contributed by atoms with Crippen LogP contribution in [0.25, 0.3) is 11.3 Å². The number of rotatable bonds is 16. The van der Waals surface area contributed by atoms with Crippen LogP contribution in [-0.4, -0.2) is 97.8 Å². The highest BCUT2D eigenvalue weighted by molar-refractivity contribution is 5.89. The predicted molar refractivity (Wildman–Crippen MR) is 241 cm³/mol. The standard InChI is InChI=1S/C49H65N7O6/c1-47(2,3)39-20-15-18-35(52-39)31-55-28-29-56(46(55)62)42(49(7,8)9)44(59)53-40(38(57)25-27-51-43(58)41(48(4,5)6)54-45(60)61)36(33-16-11-10-12-17-33)30-32-21-23-34(24-22-32)37-19-13-14-26-50-37/h10-24,26,36,38,40-42,54,57H,25,27-31H2,1-9H3,(H,51,58)(H,53,59)(H,60,61). The van der Waals surface area contributed by atoms with Gasteiger partial charge in [-0.25, -0.2) is 9.59 Å². The minimum absolute atomic E-state index is 0.00719. The van der Waals surface area contributed by atoms with Crippen molar-refractivity contribution in [2.45, 2.75) is 117 Å². The van der Waals surface area contributed by atoms with Crippen molar-refractivity contribution in [2.75, 3.05) is 19.6 Å². The Bertz CT molecular complexity index is 2130. The van der Waals surface area contributed by atoms with Gasteiger partial charge in [-0.15, -0.1) is 0 Å². The lowest BCUT2D eigenvalue weighted by Crippen LogP contribution is -2.59. The minimum atomic E-state index is -1.32. The number of aliphatic hydroxyl groups is 1. The van der Waals surface area contributed by atoms with Gasteiger partial charge in [0.1, 0.15) is 12.1 Å². The Morgan fingerprint density at radius 2 is 1.45 bits per heavy atom. The normalized spacial score (nSPS) is 15.9. The summed E-state index contributed by atoms with van der Waals surface area (Å²) in [6.07, 6.45) is -0.266. The van der Waals surface area contributed by atoms with E-state index >= 15 is 0 Å². The molecule has 0 spiro atoms. The molecular weight excluding hydrogens is 783 g/mol. The van der Waals surface area contributed by atoms with Crippen molar-refractivity contribution in [3.63, 3.8) is 0 Å². The molecule has 332 valence electrons. The number of hydrogen-bond acceptors (Lipinski definition) is 7. The second-order valence-corrected chi connectivity index (χ2v) is 19.5. The maximum Gasteiger partial charge on any atom is 0.405 e. The van der Waals surface area contributed by atoms with Crippen LogP contribution in [0.4, 0.5) is 9.59 Å². The topological polar surface area (TPSA) is 177 Å². The molecule has 0 bridgehead atoms. The molecule has 5 unspecified atom stereocenters. The first-order valence-corrected chi connectivity index (χ1v) is 21.5. The van der Waals surface area contributed by atoms with E-state index < -0.39 is 58.9 Å². The van der Waals surface area contributed by atoms with E-state index in [-0.39, 0.29) is 24.4 Å². The summed E-state index contributed by atoms with van der Waals surface area (Å²) in [5.74, 6) is -1.38. The molecule has 0 saturated carbocycles. The lowest BCUT2D eigenvalue weighted by molar-refractivity contribution is -0.131. The molecule has 5 amide bonds. The number of urea groups is 1. The molecule has 1 saturated heterocycles. The van der Waals surface area contributed by atoms with Gasteiger partial charge < -0.3 is 36.0 Å². The second kappa shape index (κ2) is 19.9. The number of nitrogens with one attached hydrogen (secondary N) is 3. The van der Waals surface area contributed by atoms with Crippen LogP contribution >= 0.6 is 0 Å². The third kappa shape index (κ3) is 12.4. The van der Waals surface area contributed by atoms with E-state index in [0.29, 0.717) is 26.1 Å². The van der Waals surface area contributed by atoms with Crippen molar-refractivity contribution < 1.29 is 29.4 Å². The molecule has 4 aromatic rings. The first-order valence-electron chi connectivity index (χ1n) is 21.5. The maximum absolute atomic E-state index is 14.9. The number of amides is 5. The first kappa shape index (κ1) is 47.2. The van der Waals surface area contributed by atoms with Crippen LogP contribution < -0.4 is 16.0 Å². The number of pyridine rings is 2. The zero-order valence-electron chi connectivity index (χ0n) is 37.7. The average Bonchev–Trinajstić information content (AvgIpc) is 3.55. The van der Waals surface area contributed by atoms with E-state index in [9.17, 15) is 29.4 Å². The molecule has 1 fully saturated rings. The Labute approximate surface area is 366 Å². The predicted octanol–water partition coefficient (Wildman–Crippen LogP) is 7.15. The Morgan fingerprint density at radius 1 is 0.774 bits per heavy atom. The fourth-order valence-corrected chi connectivity index (χ4v) is 8.05. The Morgan fingerprint density at radius 3 is 2.05 bits per heavy atom. The largest absolute Gasteiger partial charge is 0.465 e. The van der Waals surface area contributed by atoms with Gasteiger partial charge in [-0.3, -0.25) is 19.6 Å². The summed E-state index contributed by atoms with van der Waals surface area (Å²) in [5, 5.41) is 30.0. The van der Waals surface area contributed by atoms with Crippen molar-refractivity contribution in [1.82, 2.24) is 35.7 Å². The number of carbonyl (C=O) groups is 4. The van der Waals surface area contributed by atoms with Crippen LogP contribution in [0.1, 0.15) is 97.2 Å². The number of carboxylic acid groups (broad SMARTS) is 1. The molecule has 62 heavy (non-hydrogen) atoms. The van der Waals surface area contributed by atoms with Gasteiger partial charge in [0.2, 0.25) is 11.8 Å². The van der Waals surface area contributed by atoms with Gasteiger partial charge >= 0.3 is 12.1 Å². The lowest BCUT2D eigenvalue weighted by atomic mass is 9.81. The molecule has 5 atom stereocenters. The van der Waals surface area contributed by atoms with E-state index in [4.69, 9.17) is 4.98 Å². The zero-order chi connectivity index (χ0) is 45.4. The molecule has 5 N–H and O–H groups in total. The smallest absolute Gasteiger partial charge is 0.405 e. The van der Waals surface area contributed by atoms with Gasteiger partial charge in [0.05, 0.1) is 30.1 Å². The number of benzene rings is 2. The van der Waals surface area contributed by atoms with Crippen molar-refractivity contribution in [3.8, 4) is 11.3 Å². The Kier molecular flexibility index (Phi) is 15.2. The fourth-order valence-electron chi connectivity index (χ4n) is 8.05. The van der Waals surface area contributed by atoms with E-state index in [1.165, 1.54) is 0 Å². The Hall–Kier alpha value is -5.82. The molecule has 1 aliphatic heterocycles. The van der Waals surface area contributed by atoms with Crippen LogP contribution in [0.2, 0.25) is 0 Å². The molecule has 13 nitrogen and oxygen atoms in total. The van der Waals surface area contributed by atoms with Crippen LogP contribution in [0.5, 0.6) is 0 Å². The molecule has 5 rings (SSSR count). The van der Waals surface area contributed by atoms with Crippen molar-refractivity contribution in [3.05, 3.63) is 120 Å². The number of hydrogen-bond donors (Lipinski definition) is 5. The number of aliphatic hydroxyl groups excluding tert-OH is 1. The second-order valence-electron chi connectivity index (χ2n) is 19.5. The van der Waals surface area contributed by atoms with Crippen molar-refractivity contribution in [2.24, 2.45) is 10.8 Å². The van der Waals surface area contributed by atoms with Crippen molar-refractivity contribution in [1.29, 1.82) is 0 Å². The summed E-state index contributed by atoms with van der Waals surface area (Å²) in [7, 11) is 0. The number of aromatic nitrogens is 2. The van der Waals surface area contributed by atoms with Crippen LogP contribution in [0.15, 0.2) is 97.2 Å². The minimum Gasteiger partial charge on any atom is -0.465 e. The highest BCUT2D eigenvalue weighted by atomic mass is 16.4. The molecule has 1 aliphatic rings. The van der Waals surface area contributed by atoms with Gasteiger partial charge in [-0.1, -0.05) is 129 Å². The summed E-state index contributed by atoms with van der Waals surface area (Å²) < 4.78 is 0. The van der Waals surface area contributed by atoms with Crippen LogP contribution in [0.3, 0.4) is 0 Å². The van der Waals surface area contributed by atoms with Crippen LogP contribution in [0, 0.1) is 10.8 Å². The average molecular weight is 848 g/mol. The summed E-state index contributed by atoms with van der Waals surface area (Å²) in [6, 6.07) is 26.3. The highest BCUT2D eigenvalue weighted by Gasteiger charge is 2.45. The van der Waals surface area contributed by atoms with E-state index in [2.05, 4.69) is 41.7 Å². The summed E-state index contributed by atoms with van der Waals surface area (Å²) in [4.78, 5) is 66.8. The fraction of sp³-hybridized carbons (Fsp3) is 0.469. The summed E-state index contributed by atoms with van der Waals surface area (Å²) >= 11 is 0. The zero-order valence-corrected chi connectivity index (χ0v) is 37.7. The molecule has 2 aromatic carbocycles. The van der Waals surface area contributed by atoms with Gasteiger partial charge in [0.25, 0.3) is 0 Å². The molecular formula is C49H65N7O6. The van der Waals surface area contributed by atoms with Gasteiger partial charge in [-0.05, 0) is 59.1 Å². The van der Waals surface area contributed by atoms with Gasteiger partial charge in [0.15, 0.2) is 0 Å². The van der Waals surface area contributed by atoms with Gasteiger partial charge in [-0.2, -0.15) is 0 Å².